The van der Waals surface area contributed by atoms with Crippen LogP contribution in [0, 0.1) is 0 Å². The maximum atomic E-state index is 5.55. The van der Waals surface area contributed by atoms with E-state index in [0.29, 0.717) is 13.2 Å². The van der Waals surface area contributed by atoms with E-state index in [4.69, 9.17) is 9.47 Å². The highest BCUT2D eigenvalue weighted by molar-refractivity contribution is 5.32. The minimum Gasteiger partial charge on any atom is -0.497 e. The summed E-state index contributed by atoms with van der Waals surface area (Å²) in [5.41, 5.74) is 0. The van der Waals surface area contributed by atoms with Crippen molar-refractivity contribution in [2.45, 2.75) is 6.54 Å². The molecule has 0 amide bonds. The molecular weight excluding hydrogens is 206 g/mol. The average molecular weight is 219 g/mol. The third kappa shape index (κ3) is 2.73. The predicted molar refractivity (Wildman–Crippen MR) is 58.5 cm³/mol. The summed E-state index contributed by atoms with van der Waals surface area (Å²) < 4.78 is 12.4. The topological polar surface area (TPSA) is 49.2 Å². The second-order valence-corrected chi connectivity index (χ2v) is 3.19. The number of methoxy groups -OCH3 is 1. The Labute approximate surface area is 93.6 Å². The van der Waals surface area contributed by atoms with Crippen LogP contribution in [0.15, 0.2) is 36.7 Å². The molecule has 1 aromatic heterocycles. The standard InChI is InChI=1S/C11H13N3O2/c1-15-10-3-2-4-11(9-10)16-8-7-14-6-5-12-13-14/h2-6,9H,7-8H2,1H3. The highest BCUT2D eigenvalue weighted by Crippen LogP contribution is 2.18. The monoisotopic (exact) mass is 219 g/mol. The van der Waals surface area contributed by atoms with Gasteiger partial charge in [0.05, 0.1) is 19.9 Å². The minimum absolute atomic E-state index is 0.552. The molecule has 0 aliphatic rings. The maximum absolute atomic E-state index is 5.55. The molecular formula is C11H13N3O2. The fourth-order valence-corrected chi connectivity index (χ4v) is 1.30. The van der Waals surface area contributed by atoms with Gasteiger partial charge in [-0.15, -0.1) is 5.10 Å². The fraction of sp³-hybridized carbons (Fsp3) is 0.273. The number of nitrogens with zero attached hydrogens (tertiary/aromatic N) is 3. The van der Waals surface area contributed by atoms with Crippen molar-refractivity contribution in [1.82, 2.24) is 15.0 Å². The van der Waals surface area contributed by atoms with Crippen LogP contribution in [0.5, 0.6) is 11.5 Å². The molecule has 0 fully saturated rings. The molecule has 0 saturated carbocycles. The first-order valence-electron chi connectivity index (χ1n) is 4.99. The Morgan fingerprint density at radius 2 is 2.19 bits per heavy atom. The van der Waals surface area contributed by atoms with E-state index in [0.717, 1.165) is 11.5 Å². The molecule has 0 aliphatic carbocycles. The molecule has 2 aromatic rings. The summed E-state index contributed by atoms with van der Waals surface area (Å²) >= 11 is 0. The zero-order valence-electron chi connectivity index (χ0n) is 9.04. The van der Waals surface area contributed by atoms with Crippen molar-refractivity contribution in [3.8, 4) is 11.5 Å². The van der Waals surface area contributed by atoms with Gasteiger partial charge in [-0.2, -0.15) is 0 Å². The van der Waals surface area contributed by atoms with Gasteiger partial charge >= 0.3 is 0 Å². The van der Waals surface area contributed by atoms with Gasteiger partial charge in [0.25, 0.3) is 0 Å². The summed E-state index contributed by atoms with van der Waals surface area (Å²) in [6.07, 6.45) is 3.44. The van der Waals surface area contributed by atoms with Crippen LogP contribution in [0.1, 0.15) is 0 Å². The summed E-state index contributed by atoms with van der Waals surface area (Å²) in [5.74, 6) is 1.58. The Hall–Kier alpha value is -2.04. The van der Waals surface area contributed by atoms with Gasteiger partial charge in [-0.1, -0.05) is 11.3 Å². The zero-order chi connectivity index (χ0) is 11.2. The SMILES string of the molecule is COc1cccc(OCCn2ccnn2)c1. The van der Waals surface area contributed by atoms with Crippen LogP contribution in [0.3, 0.4) is 0 Å². The molecule has 5 nitrogen and oxygen atoms in total. The first kappa shape index (κ1) is 10.5. The van der Waals surface area contributed by atoms with Crippen LogP contribution < -0.4 is 9.47 Å². The lowest BCUT2D eigenvalue weighted by atomic mass is 10.3. The third-order valence-corrected chi connectivity index (χ3v) is 2.10. The highest BCUT2D eigenvalue weighted by atomic mass is 16.5. The van der Waals surface area contributed by atoms with E-state index in [1.54, 1.807) is 24.2 Å². The van der Waals surface area contributed by atoms with E-state index in [2.05, 4.69) is 10.3 Å². The van der Waals surface area contributed by atoms with E-state index in [1.807, 2.05) is 24.3 Å². The maximum Gasteiger partial charge on any atom is 0.123 e. The smallest absolute Gasteiger partial charge is 0.123 e. The van der Waals surface area contributed by atoms with Crippen LogP contribution in [0.25, 0.3) is 0 Å². The van der Waals surface area contributed by atoms with Crippen molar-refractivity contribution in [3.63, 3.8) is 0 Å². The van der Waals surface area contributed by atoms with Gasteiger partial charge < -0.3 is 9.47 Å². The second kappa shape index (κ2) is 5.16. The molecule has 0 radical (unpaired) electrons. The molecule has 0 bridgehead atoms. The summed E-state index contributed by atoms with van der Waals surface area (Å²) in [4.78, 5) is 0. The number of ether oxygens (including phenoxy) is 2. The first-order chi connectivity index (χ1) is 7.88. The Morgan fingerprint density at radius 3 is 2.94 bits per heavy atom. The predicted octanol–water partition coefficient (Wildman–Crippen LogP) is 1.37. The van der Waals surface area contributed by atoms with Gasteiger partial charge in [-0.3, -0.25) is 0 Å². The van der Waals surface area contributed by atoms with E-state index in [1.165, 1.54) is 0 Å². The lowest BCUT2D eigenvalue weighted by molar-refractivity contribution is 0.288. The first-order valence-corrected chi connectivity index (χ1v) is 4.99. The number of hydrogen-bond acceptors (Lipinski definition) is 4. The lowest BCUT2D eigenvalue weighted by Crippen LogP contribution is -2.08. The normalized spacial score (nSPS) is 10.1. The van der Waals surface area contributed by atoms with E-state index >= 15 is 0 Å². The number of hydrogen-bond donors (Lipinski definition) is 0. The van der Waals surface area contributed by atoms with Crippen LogP contribution >= 0.6 is 0 Å². The number of rotatable bonds is 5. The largest absolute Gasteiger partial charge is 0.497 e. The third-order valence-electron chi connectivity index (χ3n) is 2.10. The lowest BCUT2D eigenvalue weighted by Gasteiger charge is -2.07. The van der Waals surface area contributed by atoms with Crippen molar-refractivity contribution in [1.29, 1.82) is 0 Å². The second-order valence-electron chi connectivity index (χ2n) is 3.19. The van der Waals surface area contributed by atoms with E-state index in [9.17, 15) is 0 Å². The van der Waals surface area contributed by atoms with Crippen molar-refractivity contribution in [2.75, 3.05) is 13.7 Å². The molecule has 1 aromatic carbocycles. The molecule has 16 heavy (non-hydrogen) atoms. The van der Waals surface area contributed by atoms with Crippen LogP contribution in [-0.2, 0) is 6.54 Å². The van der Waals surface area contributed by atoms with Crippen LogP contribution in [0.4, 0.5) is 0 Å². The van der Waals surface area contributed by atoms with Gasteiger partial charge in [0.15, 0.2) is 0 Å². The van der Waals surface area contributed by atoms with E-state index < -0.39 is 0 Å². The summed E-state index contributed by atoms with van der Waals surface area (Å²) in [6, 6.07) is 7.51. The molecule has 0 N–H and O–H groups in total. The van der Waals surface area contributed by atoms with Crippen molar-refractivity contribution in [3.05, 3.63) is 36.7 Å². The van der Waals surface area contributed by atoms with Crippen molar-refractivity contribution in [2.24, 2.45) is 0 Å². The minimum atomic E-state index is 0.552. The van der Waals surface area contributed by atoms with Gasteiger partial charge in [0.2, 0.25) is 0 Å². The van der Waals surface area contributed by atoms with Gasteiger partial charge in [0.1, 0.15) is 18.1 Å². The fourth-order valence-electron chi connectivity index (χ4n) is 1.30. The Bertz CT molecular complexity index is 429. The molecule has 0 aliphatic heterocycles. The Morgan fingerprint density at radius 1 is 1.31 bits per heavy atom. The molecule has 84 valence electrons. The molecule has 0 saturated heterocycles. The molecule has 0 atom stereocenters. The summed E-state index contributed by atoms with van der Waals surface area (Å²) in [7, 11) is 1.63. The molecule has 0 unspecified atom stereocenters. The Kier molecular flexibility index (Phi) is 3.38. The van der Waals surface area contributed by atoms with Gasteiger partial charge in [-0.05, 0) is 12.1 Å². The van der Waals surface area contributed by atoms with Gasteiger partial charge in [-0.25, -0.2) is 4.68 Å². The summed E-state index contributed by atoms with van der Waals surface area (Å²) in [6.45, 7) is 1.23. The van der Waals surface area contributed by atoms with Crippen LogP contribution in [-0.4, -0.2) is 28.7 Å². The molecule has 5 heteroatoms. The molecule has 2 rings (SSSR count). The van der Waals surface area contributed by atoms with Crippen LogP contribution in [0.2, 0.25) is 0 Å². The average Bonchev–Trinajstić information content (AvgIpc) is 2.82. The summed E-state index contributed by atoms with van der Waals surface area (Å²) in [5, 5.41) is 7.56. The number of aromatic nitrogens is 3. The highest BCUT2D eigenvalue weighted by Gasteiger charge is 1.97. The molecule has 0 spiro atoms. The van der Waals surface area contributed by atoms with Crippen molar-refractivity contribution >= 4 is 0 Å². The van der Waals surface area contributed by atoms with E-state index in [-0.39, 0.29) is 0 Å². The quantitative estimate of drug-likeness (QED) is 0.762. The van der Waals surface area contributed by atoms with Gasteiger partial charge in [0, 0.05) is 12.3 Å². The Balaban J connectivity index is 1.85. The zero-order valence-corrected chi connectivity index (χ0v) is 9.04. The number of benzene rings is 1. The molecule has 1 heterocycles. The van der Waals surface area contributed by atoms with Crippen molar-refractivity contribution < 1.29 is 9.47 Å².